The first-order chi connectivity index (χ1) is 13.2. The third-order valence-corrected chi connectivity index (χ3v) is 6.50. The molecule has 0 heterocycles. The fourth-order valence-electron chi connectivity index (χ4n) is 2.44. The van der Waals surface area contributed by atoms with E-state index in [0.29, 0.717) is 18.1 Å². The highest BCUT2D eigenvalue weighted by atomic mass is 35.5. The Labute approximate surface area is 173 Å². The number of hydrogen-bond donors (Lipinski definition) is 2. The molecule has 2 aromatic carbocycles. The van der Waals surface area contributed by atoms with Gasteiger partial charge in [0.15, 0.2) is 0 Å². The van der Waals surface area contributed by atoms with E-state index in [2.05, 4.69) is 10.9 Å². The van der Waals surface area contributed by atoms with Gasteiger partial charge in [0.25, 0.3) is 11.8 Å². The lowest BCUT2D eigenvalue weighted by Gasteiger charge is -2.18. The second-order valence-corrected chi connectivity index (χ2v) is 8.43. The van der Waals surface area contributed by atoms with Crippen LogP contribution in [0, 0.1) is 0 Å². The topological polar surface area (TPSA) is 95.6 Å². The molecule has 0 saturated carbocycles. The average Bonchev–Trinajstić information content (AvgIpc) is 2.66. The van der Waals surface area contributed by atoms with Crippen molar-refractivity contribution < 1.29 is 18.0 Å². The number of benzene rings is 2. The van der Waals surface area contributed by atoms with Crippen LogP contribution in [0.5, 0.6) is 0 Å². The zero-order valence-corrected chi connectivity index (χ0v) is 17.5. The molecule has 0 radical (unpaired) electrons. The van der Waals surface area contributed by atoms with E-state index in [9.17, 15) is 18.0 Å². The van der Waals surface area contributed by atoms with Crippen LogP contribution in [-0.4, -0.2) is 37.6 Å². The van der Waals surface area contributed by atoms with Gasteiger partial charge in [-0.25, -0.2) is 8.42 Å². The molecule has 0 atom stereocenters. The van der Waals surface area contributed by atoms with Crippen LogP contribution in [0.3, 0.4) is 0 Å². The number of nitrogens with one attached hydrogen (secondary N) is 2. The first kappa shape index (κ1) is 22.2. The van der Waals surface area contributed by atoms with Gasteiger partial charge in [-0.3, -0.25) is 20.4 Å². The summed E-state index contributed by atoms with van der Waals surface area (Å²) in [5, 5.41) is 0.503. The minimum atomic E-state index is -3.71. The van der Waals surface area contributed by atoms with Crippen molar-refractivity contribution in [3.8, 4) is 0 Å². The number of rotatable bonds is 6. The fraction of sp³-hybridized carbons (Fsp3) is 0.222. The Morgan fingerprint density at radius 2 is 1.61 bits per heavy atom. The molecule has 0 aliphatic rings. The van der Waals surface area contributed by atoms with Gasteiger partial charge in [0.05, 0.1) is 15.5 Å². The quantitative estimate of drug-likeness (QED) is 0.670. The number of sulfonamides is 1. The number of hydrogen-bond acceptors (Lipinski definition) is 4. The zero-order valence-electron chi connectivity index (χ0n) is 15.2. The Balaban J connectivity index is 2.14. The lowest BCUT2D eigenvalue weighted by molar-refractivity contribution is 0.0846. The normalized spacial score (nSPS) is 11.3. The number of carbonyl (C=O) groups is 2. The van der Waals surface area contributed by atoms with Gasteiger partial charge in [0, 0.05) is 23.7 Å². The van der Waals surface area contributed by atoms with Gasteiger partial charge in [-0.2, -0.15) is 4.31 Å². The van der Waals surface area contributed by atoms with Gasteiger partial charge in [-0.15, -0.1) is 0 Å². The van der Waals surface area contributed by atoms with E-state index >= 15 is 0 Å². The van der Waals surface area contributed by atoms with E-state index in [0.717, 1.165) is 0 Å². The van der Waals surface area contributed by atoms with E-state index in [1.165, 1.54) is 46.8 Å². The predicted octanol–water partition coefficient (Wildman–Crippen LogP) is 3.10. The minimum absolute atomic E-state index is 0.00378. The molecule has 2 amide bonds. The summed E-state index contributed by atoms with van der Waals surface area (Å²) in [5.74, 6) is -1.31. The second kappa shape index (κ2) is 9.38. The fourth-order valence-corrected chi connectivity index (χ4v) is 4.44. The Kier molecular flexibility index (Phi) is 7.42. The third kappa shape index (κ3) is 5.02. The van der Waals surface area contributed by atoms with Crippen LogP contribution < -0.4 is 10.9 Å². The Morgan fingerprint density at radius 1 is 0.964 bits per heavy atom. The first-order valence-electron chi connectivity index (χ1n) is 8.36. The summed E-state index contributed by atoms with van der Waals surface area (Å²) >= 11 is 11.7. The molecule has 0 fully saturated rings. The molecule has 10 heteroatoms. The molecule has 150 valence electrons. The van der Waals surface area contributed by atoms with E-state index < -0.39 is 21.8 Å². The zero-order chi connectivity index (χ0) is 20.9. The maximum Gasteiger partial charge on any atom is 0.271 e. The summed E-state index contributed by atoms with van der Waals surface area (Å²) in [5.41, 5.74) is 4.68. The number of nitrogens with zero attached hydrogens (tertiary/aromatic N) is 1. The van der Waals surface area contributed by atoms with E-state index in [4.69, 9.17) is 23.2 Å². The largest absolute Gasteiger partial charge is 0.271 e. The molecular weight excluding hydrogens is 425 g/mol. The van der Waals surface area contributed by atoms with Gasteiger partial charge in [0.1, 0.15) is 0 Å². The molecule has 0 bridgehead atoms. The molecule has 0 unspecified atom stereocenters. The van der Waals surface area contributed by atoms with Crippen LogP contribution >= 0.6 is 23.2 Å². The highest BCUT2D eigenvalue weighted by Gasteiger charge is 2.22. The van der Waals surface area contributed by atoms with Crippen molar-refractivity contribution in [2.45, 2.75) is 18.7 Å². The molecule has 2 rings (SSSR count). The third-order valence-electron chi connectivity index (χ3n) is 3.90. The van der Waals surface area contributed by atoms with Crippen molar-refractivity contribution in [2.75, 3.05) is 13.1 Å². The van der Waals surface area contributed by atoms with Crippen LogP contribution in [0.1, 0.15) is 34.6 Å². The van der Waals surface area contributed by atoms with Gasteiger partial charge in [0.2, 0.25) is 10.0 Å². The smallest absolute Gasteiger partial charge is 0.267 e. The van der Waals surface area contributed by atoms with Crippen LogP contribution in [0.25, 0.3) is 0 Å². The van der Waals surface area contributed by atoms with E-state index in [1.54, 1.807) is 13.8 Å². The highest BCUT2D eigenvalue weighted by Crippen LogP contribution is 2.21. The number of hydrazine groups is 1. The maximum absolute atomic E-state index is 12.6. The predicted molar refractivity (Wildman–Crippen MR) is 108 cm³/mol. The number of carbonyl (C=O) groups excluding carboxylic acids is 2. The number of halogens is 2. The van der Waals surface area contributed by atoms with E-state index in [1.807, 2.05) is 0 Å². The lowest BCUT2D eigenvalue weighted by atomic mass is 10.2. The van der Waals surface area contributed by atoms with Crippen LogP contribution in [0.15, 0.2) is 47.4 Å². The minimum Gasteiger partial charge on any atom is -0.267 e. The summed E-state index contributed by atoms with van der Waals surface area (Å²) in [6, 6.07) is 9.89. The summed E-state index contributed by atoms with van der Waals surface area (Å²) < 4.78 is 26.5. The molecule has 0 spiro atoms. The maximum atomic E-state index is 12.6. The van der Waals surface area contributed by atoms with Crippen LogP contribution in [0.2, 0.25) is 10.0 Å². The van der Waals surface area contributed by atoms with Crippen molar-refractivity contribution in [1.29, 1.82) is 0 Å². The van der Waals surface area contributed by atoms with Crippen LogP contribution in [0.4, 0.5) is 0 Å². The summed E-state index contributed by atoms with van der Waals surface area (Å²) in [6.45, 7) is 4.09. The SMILES string of the molecule is CCN(CC)S(=O)(=O)c1cccc(C(=O)NNC(=O)c2ccc(Cl)cc2Cl)c1. The van der Waals surface area contributed by atoms with Gasteiger partial charge < -0.3 is 0 Å². The average molecular weight is 444 g/mol. The molecular formula is C18H19Cl2N3O4S. The van der Waals surface area contributed by atoms with Gasteiger partial charge in [-0.05, 0) is 36.4 Å². The number of amides is 2. The summed E-state index contributed by atoms with van der Waals surface area (Å²) in [4.78, 5) is 24.5. The van der Waals surface area contributed by atoms with Crippen LogP contribution in [-0.2, 0) is 10.0 Å². The molecule has 28 heavy (non-hydrogen) atoms. The Hall–Kier alpha value is -2.13. The van der Waals surface area contributed by atoms with Crippen molar-refractivity contribution in [3.05, 3.63) is 63.6 Å². The summed E-state index contributed by atoms with van der Waals surface area (Å²) in [6.07, 6.45) is 0. The van der Waals surface area contributed by atoms with Crippen molar-refractivity contribution in [1.82, 2.24) is 15.2 Å². The molecule has 2 N–H and O–H groups in total. The second-order valence-electron chi connectivity index (χ2n) is 5.65. The molecule has 0 aliphatic carbocycles. The van der Waals surface area contributed by atoms with Gasteiger partial charge >= 0.3 is 0 Å². The monoisotopic (exact) mass is 443 g/mol. The van der Waals surface area contributed by atoms with E-state index in [-0.39, 0.29) is 21.0 Å². The first-order valence-corrected chi connectivity index (χ1v) is 10.6. The summed E-state index contributed by atoms with van der Waals surface area (Å²) in [7, 11) is -3.71. The highest BCUT2D eigenvalue weighted by molar-refractivity contribution is 7.89. The molecule has 0 aliphatic heterocycles. The van der Waals surface area contributed by atoms with Crippen molar-refractivity contribution in [3.63, 3.8) is 0 Å². The molecule has 0 aromatic heterocycles. The molecule has 0 saturated heterocycles. The Bertz CT molecular complexity index is 992. The van der Waals surface area contributed by atoms with Crippen molar-refractivity contribution in [2.24, 2.45) is 0 Å². The standard InChI is InChI=1S/C18H19Cl2N3O4S/c1-3-23(4-2)28(26,27)14-7-5-6-12(10-14)17(24)21-22-18(25)15-9-8-13(19)11-16(15)20/h5-11H,3-4H2,1-2H3,(H,21,24)(H,22,25). The van der Waals surface area contributed by atoms with Crippen molar-refractivity contribution >= 4 is 45.0 Å². The molecule has 7 nitrogen and oxygen atoms in total. The Morgan fingerprint density at radius 3 is 2.21 bits per heavy atom. The molecule has 2 aromatic rings. The van der Waals surface area contributed by atoms with Gasteiger partial charge in [-0.1, -0.05) is 43.1 Å². The lowest BCUT2D eigenvalue weighted by Crippen LogP contribution is -2.41.